The first-order valence-corrected chi connectivity index (χ1v) is 2.81. The smallest absolute Gasteiger partial charge is 0.251 e. The normalized spacial score (nSPS) is 9.90. The molecule has 0 fully saturated rings. The van der Waals surface area contributed by atoms with Gasteiger partial charge in [0.15, 0.2) is 0 Å². The van der Waals surface area contributed by atoms with E-state index in [1.165, 1.54) is 6.92 Å². The molecule has 0 saturated heterocycles. The lowest BCUT2D eigenvalue weighted by atomic mass is 10.4. The van der Waals surface area contributed by atoms with Crippen LogP contribution < -0.4 is 0 Å². The van der Waals surface area contributed by atoms with Crippen LogP contribution in [0.4, 0.5) is 4.39 Å². The predicted molar refractivity (Wildman–Crippen MR) is 33.1 cm³/mol. The molecule has 0 aliphatic heterocycles. The average Bonchev–Trinajstić information content (AvgIpc) is 1.82. The van der Waals surface area contributed by atoms with Gasteiger partial charge in [-0.2, -0.15) is 9.37 Å². The summed E-state index contributed by atoms with van der Waals surface area (Å²) in [5.74, 6) is -0.952. The predicted octanol–water partition coefficient (Wildman–Crippen LogP) is 0.938. The van der Waals surface area contributed by atoms with E-state index in [4.69, 9.17) is 5.11 Å². The summed E-state index contributed by atoms with van der Waals surface area (Å²) >= 11 is 0. The van der Waals surface area contributed by atoms with Crippen molar-refractivity contribution in [2.24, 2.45) is 0 Å². The van der Waals surface area contributed by atoms with E-state index >= 15 is 0 Å². The Hall–Kier alpha value is -1.19. The van der Waals surface area contributed by atoms with Crippen LogP contribution in [-0.4, -0.2) is 15.1 Å². The number of aryl methyl sites for hydroxylation is 2. The molecule has 1 heterocycles. The van der Waals surface area contributed by atoms with E-state index in [2.05, 4.69) is 9.97 Å². The van der Waals surface area contributed by atoms with Gasteiger partial charge in [-0.1, -0.05) is 0 Å². The zero-order valence-electron chi connectivity index (χ0n) is 5.72. The summed E-state index contributed by atoms with van der Waals surface area (Å²) in [6.45, 7) is 3.07. The third-order valence-corrected chi connectivity index (χ3v) is 1.11. The maximum atomic E-state index is 12.5. The summed E-state index contributed by atoms with van der Waals surface area (Å²) in [6, 6.07) is 0. The first-order valence-electron chi connectivity index (χ1n) is 2.81. The first kappa shape index (κ1) is 6.92. The van der Waals surface area contributed by atoms with Crippen molar-refractivity contribution >= 4 is 0 Å². The second-order valence-corrected chi connectivity index (χ2v) is 1.99. The van der Waals surface area contributed by atoms with Gasteiger partial charge >= 0.3 is 0 Å². The van der Waals surface area contributed by atoms with Crippen LogP contribution in [0.5, 0.6) is 5.88 Å². The van der Waals surface area contributed by atoms with E-state index in [0.29, 0.717) is 5.82 Å². The summed E-state index contributed by atoms with van der Waals surface area (Å²) in [6.07, 6.45) is 0. The summed E-state index contributed by atoms with van der Waals surface area (Å²) < 4.78 is 12.5. The number of halogens is 1. The van der Waals surface area contributed by atoms with Crippen molar-refractivity contribution in [3.8, 4) is 5.88 Å². The second kappa shape index (κ2) is 2.21. The van der Waals surface area contributed by atoms with Gasteiger partial charge in [0.25, 0.3) is 5.88 Å². The van der Waals surface area contributed by atoms with Crippen molar-refractivity contribution in [1.82, 2.24) is 9.97 Å². The van der Waals surface area contributed by atoms with Gasteiger partial charge in [0.2, 0.25) is 5.82 Å². The van der Waals surface area contributed by atoms with E-state index in [9.17, 15) is 4.39 Å². The summed E-state index contributed by atoms with van der Waals surface area (Å²) in [4.78, 5) is 7.09. The molecule has 0 aliphatic carbocycles. The average molecular weight is 142 g/mol. The molecule has 0 atom stereocenters. The molecule has 0 spiro atoms. The van der Waals surface area contributed by atoms with E-state index < -0.39 is 11.7 Å². The SMILES string of the molecule is Cc1nc(C)c(F)c(O)n1. The highest BCUT2D eigenvalue weighted by Gasteiger charge is 2.06. The van der Waals surface area contributed by atoms with E-state index in [-0.39, 0.29) is 5.69 Å². The molecule has 1 N–H and O–H groups in total. The Morgan fingerprint density at radius 2 is 1.90 bits per heavy atom. The van der Waals surface area contributed by atoms with Gasteiger partial charge in [0.05, 0.1) is 5.69 Å². The lowest BCUT2D eigenvalue weighted by Gasteiger charge is -1.97. The van der Waals surface area contributed by atoms with E-state index in [1.807, 2.05) is 0 Å². The minimum absolute atomic E-state index is 0.171. The number of rotatable bonds is 0. The van der Waals surface area contributed by atoms with Gasteiger partial charge in [-0.15, -0.1) is 0 Å². The number of hydrogen-bond acceptors (Lipinski definition) is 3. The quantitative estimate of drug-likeness (QED) is 0.586. The minimum Gasteiger partial charge on any atom is -0.491 e. The largest absolute Gasteiger partial charge is 0.491 e. The Labute approximate surface area is 57.6 Å². The molecule has 0 amide bonds. The molecule has 4 heteroatoms. The molecule has 1 aromatic rings. The molecule has 1 rings (SSSR count). The minimum atomic E-state index is -0.745. The number of aromatic hydroxyl groups is 1. The van der Waals surface area contributed by atoms with E-state index in [1.54, 1.807) is 6.92 Å². The van der Waals surface area contributed by atoms with Crippen LogP contribution in [0.15, 0.2) is 0 Å². The highest BCUT2D eigenvalue weighted by molar-refractivity contribution is 5.16. The molecule has 0 saturated carbocycles. The first-order chi connectivity index (χ1) is 4.61. The van der Waals surface area contributed by atoms with Crippen molar-refractivity contribution in [2.75, 3.05) is 0 Å². The molecule has 3 nitrogen and oxygen atoms in total. The Morgan fingerprint density at radius 3 is 2.40 bits per heavy atom. The molecule has 0 radical (unpaired) electrons. The molecule has 0 bridgehead atoms. The van der Waals surface area contributed by atoms with Gasteiger partial charge in [0, 0.05) is 0 Å². The Morgan fingerprint density at radius 1 is 1.30 bits per heavy atom. The van der Waals surface area contributed by atoms with Crippen molar-refractivity contribution in [1.29, 1.82) is 0 Å². The van der Waals surface area contributed by atoms with Crippen LogP contribution in [0.3, 0.4) is 0 Å². The summed E-state index contributed by atoms with van der Waals surface area (Å²) in [7, 11) is 0. The van der Waals surface area contributed by atoms with Gasteiger partial charge in [-0.25, -0.2) is 4.98 Å². The van der Waals surface area contributed by atoms with Crippen LogP contribution in [0.1, 0.15) is 11.5 Å². The highest BCUT2D eigenvalue weighted by atomic mass is 19.1. The molecule has 54 valence electrons. The molecule has 10 heavy (non-hydrogen) atoms. The summed E-state index contributed by atoms with van der Waals surface area (Å²) in [5, 5.41) is 8.75. The monoisotopic (exact) mass is 142 g/mol. The third kappa shape index (κ3) is 1.05. The lowest BCUT2D eigenvalue weighted by molar-refractivity contribution is 0.403. The van der Waals surface area contributed by atoms with Crippen molar-refractivity contribution in [3.63, 3.8) is 0 Å². The van der Waals surface area contributed by atoms with E-state index in [0.717, 1.165) is 0 Å². The number of nitrogens with zero attached hydrogens (tertiary/aromatic N) is 2. The van der Waals surface area contributed by atoms with Crippen LogP contribution in [0.25, 0.3) is 0 Å². The fourth-order valence-electron chi connectivity index (χ4n) is 0.681. The molecule has 0 aliphatic rings. The fraction of sp³-hybridized carbons (Fsp3) is 0.333. The fourth-order valence-corrected chi connectivity index (χ4v) is 0.681. The number of aromatic nitrogens is 2. The Kier molecular flexibility index (Phi) is 1.53. The number of hydrogen-bond donors (Lipinski definition) is 1. The standard InChI is InChI=1S/C6H7FN2O/c1-3-5(7)6(10)9-4(2)8-3/h1-2H3,(H,8,9,10). The van der Waals surface area contributed by atoms with Crippen molar-refractivity contribution in [2.45, 2.75) is 13.8 Å². The third-order valence-electron chi connectivity index (χ3n) is 1.11. The highest BCUT2D eigenvalue weighted by Crippen LogP contribution is 2.13. The molecular formula is C6H7FN2O. The van der Waals surface area contributed by atoms with Crippen LogP contribution in [0, 0.1) is 19.7 Å². The molecule has 1 aromatic heterocycles. The Bertz CT molecular complexity index is 239. The van der Waals surface area contributed by atoms with Gasteiger partial charge < -0.3 is 5.11 Å². The zero-order chi connectivity index (χ0) is 7.72. The molecule has 0 aromatic carbocycles. The Balaban J connectivity index is 3.31. The van der Waals surface area contributed by atoms with Crippen molar-refractivity contribution in [3.05, 3.63) is 17.3 Å². The maximum Gasteiger partial charge on any atom is 0.251 e. The summed E-state index contributed by atoms with van der Waals surface area (Å²) in [5.41, 5.74) is 0.171. The van der Waals surface area contributed by atoms with Crippen LogP contribution in [-0.2, 0) is 0 Å². The molecular weight excluding hydrogens is 135 g/mol. The van der Waals surface area contributed by atoms with Crippen molar-refractivity contribution < 1.29 is 9.50 Å². The van der Waals surface area contributed by atoms with Gasteiger partial charge in [-0.3, -0.25) is 0 Å². The van der Waals surface area contributed by atoms with Crippen LogP contribution in [0.2, 0.25) is 0 Å². The molecule has 0 unspecified atom stereocenters. The lowest BCUT2D eigenvalue weighted by Crippen LogP contribution is -1.95. The van der Waals surface area contributed by atoms with Gasteiger partial charge in [-0.05, 0) is 13.8 Å². The van der Waals surface area contributed by atoms with Crippen LogP contribution >= 0.6 is 0 Å². The topological polar surface area (TPSA) is 46.0 Å². The second-order valence-electron chi connectivity index (χ2n) is 1.99. The maximum absolute atomic E-state index is 12.5. The zero-order valence-corrected chi connectivity index (χ0v) is 5.72. The van der Waals surface area contributed by atoms with Gasteiger partial charge in [0.1, 0.15) is 5.82 Å².